The Morgan fingerprint density at radius 1 is 1.11 bits per heavy atom. The van der Waals surface area contributed by atoms with E-state index in [4.69, 9.17) is 0 Å². The third-order valence-corrected chi connectivity index (χ3v) is 0.408. The van der Waals surface area contributed by atoms with Crippen molar-refractivity contribution in [1.82, 2.24) is 10.9 Å². The fourth-order valence-corrected chi connectivity index (χ4v) is 0.179. The molecule has 6 nitrogen and oxygen atoms in total. The highest BCUT2D eigenvalue weighted by Crippen LogP contribution is 1.50. The Kier molecular flexibility index (Phi) is 5.20. The fourth-order valence-electron chi connectivity index (χ4n) is 0.179. The van der Waals surface area contributed by atoms with Crippen LogP contribution in [0.5, 0.6) is 0 Å². The van der Waals surface area contributed by atoms with Crippen molar-refractivity contribution in [3.8, 4) is 0 Å². The molecule has 0 unspecified atom stereocenters. The number of hydrogen-bond donors (Lipinski definition) is 2. The van der Waals surface area contributed by atoms with Gasteiger partial charge in [0, 0.05) is 0 Å². The molecule has 0 atom stereocenters. The van der Waals surface area contributed by atoms with Crippen LogP contribution in [0.3, 0.4) is 0 Å². The van der Waals surface area contributed by atoms with E-state index in [0.29, 0.717) is 0 Å². The molecule has 0 fully saturated rings. The van der Waals surface area contributed by atoms with Crippen LogP contribution in [0.4, 0.5) is 0 Å². The fraction of sp³-hybridized carbons (Fsp3) is 0.333. The molecule has 0 aliphatic heterocycles. The van der Waals surface area contributed by atoms with Gasteiger partial charge in [0.25, 0.3) is 12.2 Å². The number of nitrogens with one attached hydrogen (secondary N) is 2. The molecule has 0 saturated carbocycles. The summed E-state index contributed by atoms with van der Waals surface area (Å²) in [5.41, 5.74) is 4.38. The normalized spacial score (nSPS) is 6.22. The van der Waals surface area contributed by atoms with E-state index in [0.717, 1.165) is 0 Å². The lowest BCUT2D eigenvalue weighted by molar-refractivity contribution is 0.544. The Morgan fingerprint density at radius 2 is 1.56 bits per heavy atom. The molecule has 0 aliphatic rings. The zero-order chi connectivity index (χ0) is 6.95. The monoisotopic (exact) mass is 128 g/mol. The third kappa shape index (κ3) is 6.36. The van der Waals surface area contributed by atoms with Crippen LogP contribution in [0.2, 0.25) is 0 Å². The van der Waals surface area contributed by atoms with Gasteiger partial charge in [0.1, 0.15) is 6.67 Å². The maximum Gasteiger partial charge on any atom is 0.258 e. The van der Waals surface area contributed by atoms with Crippen LogP contribution in [-0.4, -0.2) is 18.8 Å². The molecule has 0 aromatic rings. The van der Waals surface area contributed by atoms with Crippen molar-refractivity contribution >= 4 is 12.2 Å². The molecule has 0 bridgehead atoms. The highest BCUT2D eigenvalue weighted by atomic mass is 16.1. The first-order valence-corrected chi connectivity index (χ1v) is 2.01. The summed E-state index contributed by atoms with van der Waals surface area (Å²) < 4.78 is 0. The lowest BCUT2D eigenvalue weighted by atomic mass is 11.2. The van der Waals surface area contributed by atoms with E-state index in [2.05, 4.69) is 21.1 Å². The van der Waals surface area contributed by atoms with E-state index < -0.39 is 0 Å². The molecular weight excluding hydrogens is 124 g/mol. The first-order chi connectivity index (χ1) is 4.41. The lowest BCUT2D eigenvalue weighted by Gasteiger charge is -1.91. The molecule has 0 rings (SSSR count). The maximum absolute atomic E-state index is 9.35. The topological polar surface area (TPSA) is 82.9 Å². The van der Waals surface area contributed by atoms with Crippen LogP contribution in [0.1, 0.15) is 0 Å². The quantitative estimate of drug-likeness (QED) is 0.161. The van der Waals surface area contributed by atoms with E-state index in [1.165, 1.54) is 12.2 Å². The number of hydrogen-bond acceptors (Lipinski definition) is 6. The van der Waals surface area contributed by atoms with Gasteiger partial charge in [0.05, 0.1) is 0 Å². The number of rotatable bonds is 4. The smallest absolute Gasteiger partial charge is 0.258 e. The lowest BCUT2D eigenvalue weighted by Crippen LogP contribution is -2.19. The molecule has 9 heavy (non-hydrogen) atoms. The molecule has 0 spiro atoms. The predicted molar refractivity (Wildman–Crippen MR) is 27.4 cm³/mol. The SMILES string of the molecule is O=C=NNCNN=C=O. The Labute approximate surface area is 50.6 Å². The van der Waals surface area contributed by atoms with Crippen molar-refractivity contribution in [2.24, 2.45) is 10.2 Å². The van der Waals surface area contributed by atoms with Crippen LogP contribution < -0.4 is 10.9 Å². The van der Waals surface area contributed by atoms with Crippen molar-refractivity contribution < 1.29 is 9.59 Å². The number of carbonyl (C=O) groups excluding carboxylic acids is 2. The van der Waals surface area contributed by atoms with E-state index in [1.807, 2.05) is 0 Å². The van der Waals surface area contributed by atoms with Crippen molar-refractivity contribution in [2.45, 2.75) is 0 Å². The second-order valence-corrected chi connectivity index (χ2v) is 0.899. The molecule has 0 heterocycles. The van der Waals surface area contributed by atoms with Crippen molar-refractivity contribution in [3.05, 3.63) is 0 Å². The van der Waals surface area contributed by atoms with E-state index >= 15 is 0 Å². The summed E-state index contributed by atoms with van der Waals surface area (Å²) in [7, 11) is 0. The molecular formula is C3H4N4O2. The van der Waals surface area contributed by atoms with Gasteiger partial charge >= 0.3 is 0 Å². The number of isocyanates is 2. The molecule has 0 saturated heterocycles. The Bertz CT molecular complexity index is 137. The van der Waals surface area contributed by atoms with Gasteiger partial charge in [0.15, 0.2) is 0 Å². The van der Waals surface area contributed by atoms with Gasteiger partial charge in [-0.2, -0.15) is 0 Å². The molecule has 6 heteroatoms. The van der Waals surface area contributed by atoms with Gasteiger partial charge in [0.2, 0.25) is 0 Å². The van der Waals surface area contributed by atoms with Gasteiger partial charge < -0.3 is 0 Å². The summed E-state index contributed by atoms with van der Waals surface area (Å²) >= 11 is 0. The van der Waals surface area contributed by atoms with Crippen LogP contribution in [-0.2, 0) is 9.59 Å². The van der Waals surface area contributed by atoms with Gasteiger partial charge in [-0.25, -0.2) is 9.59 Å². The maximum atomic E-state index is 9.35. The highest BCUT2D eigenvalue weighted by molar-refractivity contribution is 5.32. The standard InChI is InChI=1S/C3H4N4O2/c8-2-6-4-1-5-7-3-9/h4-5H,1H2. The van der Waals surface area contributed by atoms with E-state index in [9.17, 15) is 9.59 Å². The van der Waals surface area contributed by atoms with Gasteiger partial charge in [-0.05, 0) is 0 Å². The van der Waals surface area contributed by atoms with Gasteiger partial charge in [-0.1, -0.05) is 10.2 Å². The largest absolute Gasteiger partial charge is 0.278 e. The van der Waals surface area contributed by atoms with Crippen molar-refractivity contribution in [2.75, 3.05) is 6.67 Å². The Balaban J connectivity index is 3.09. The van der Waals surface area contributed by atoms with E-state index in [-0.39, 0.29) is 6.67 Å². The summed E-state index contributed by atoms with van der Waals surface area (Å²) in [6.07, 6.45) is 2.46. The first-order valence-electron chi connectivity index (χ1n) is 2.01. The summed E-state index contributed by atoms with van der Waals surface area (Å²) in [4.78, 5) is 18.7. The molecule has 48 valence electrons. The summed E-state index contributed by atoms with van der Waals surface area (Å²) in [5, 5.41) is 5.87. The average Bonchev–Trinajstić information content (AvgIpc) is 1.89. The van der Waals surface area contributed by atoms with Crippen LogP contribution in [0.25, 0.3) is 0 Å². The summed E-state index contributed by atoms with van der Waals surface area (Å²) in [5.74, 6) is 0. The molecule has 0 radical (unpaired) electrons. The minimum absolute atomic E-state index is 0.102. The van der Waals surface area contributed by atoms with Crippen molar-refractivity contribution in [3.63, 3.8) is 0 Å². The molecule has 0 amide bonds. The minimum atomic E-state index is 0.102. The molecule has 0 aromatic carbocycles. The van der Waals surface area contributed by atoms with Gasteiger partial charge in [-0.15, -0.1) is 0 Å². The Morgan fingerprint density at radius 3 is 1.89 bits per heavy atom. The molecule has 0 aromatic heterocycles. The predicted octanol–water partition coefficient (Wildman–Crippen LogP) is -1.38. The zero-order valence-corrected chi connectivity index (χ0v) is 4.42. The van der Waals surface area contributed by atoms with Crippen LogP contribution in [0, 0.1) is 0 Å². The third-order valence-electron chi connectivity index (χ3n) is 0.408. The van der Waals surface area contributed by atoms with E-state index in [1.54, 1.807) is 0 Å². The second-order valence-electron chi connectivity index (χ2n) is 0.899. The average molecular weight is 128 g/mol. The first kappa shape index (κ1) is 7.36. The number of hydrazone groups is 2. The van der Waals surface area contributed by atoms with Crippen LogP contribution in [0.15, 0.2) is 10.2 Å². The van der Waals surface area contributed by atoms with Gasteiger partial charge in [-0.3, -0.25) is 10.9 Å². The summed E-state index contributed by atoms with van der Waals surface area (Å²) in [6, 6.07) is 0. The summed E-state index contributed by atoms with van der Waals surface area (Å²) in [6.45, 7) is 0.102. The molecule has 2 N–H and O–H groups in total. The van der Waals surface area contributed by atoms with Crippen LogP contribution >= 0.6 is 0 Å². The van der Waals surface area contributed by atoms with Crippen molar-refractivity contribution in [1.29, 1.82) is 0 Å². The molecule has 0 aliphatic carbocycles. The number of nitrogens with zero attached hydrogens (tertiary/aromatic N) is 2. The minimum Gasteiger partial charge on any atom is -0.278 e. The zero-order valence-electron chi connectivity index (χ0n) is 4.42. The Hall–Kier alpha value is -1.64. The second kappa shape index (κ2) is 6.36. The highest BCUT2D eigenvalue weighted by Gasteiger charge is 1.71.